The molecule has 1 saturated heterocycles. The van der Waals surface area contributed by atoms with Crippen molar-refractivity contribution in [2.45, 2.75) is 58.1 Å². The smallest absolute Gasteiger partial charge is 0.220 e. The number of nitrogens with two attached hydrogens (primary N) is 1. The molecule has 0 aromatic heterocycles. The molecule has 1 aliphatic heterocycles. The Hall–Kier alpha value is -0.610. The Labute approximate surface area is 104 Å². The molecule has 0 aromatic rings. The van der Waals surface area contributed by atoms with Crippen molar-refractivity contribution >= 4 is 5.91 Å². The second kappa shape index (κ2) is 6.36. The maximum Gasteiger partial charge on any atom is 0.220 e. The highest BCUT2D eigenvalue weighted by Gasteiger charge is 2.26. The fourth-order valence-corrected chi connectivity index (χ4v) is 2.15. The molecule has 1 fully saturated rings. The van der Waals surface area contributed by atoms with Crippen molar-refractivity contribution in [3.05, 3.63) is 0 Å². The Bertz CT molecular complexity index is 248. The number of rotatable bonds is 6. The molecule has 0 bridgehead atoms. The van der Waals surface area contributed by atoms with Gasteiger partial charge in [-0.25, -0.2) is 0 Å². The lowest BCUT2D eigenvalue weighted by Crippen LogP contribution is -2.36. The molecule has 3 N–H and O–H groups in total. The van der Waals surface area contributed by atoms with E-state index in [1.165, 1.54) is 0 Å². The molecule has 1 amide bonds. The number of nitrogens with one attached hydrogen (secondary N) is 1. The summed E-state index contributed by atoms with van der Waals surface area (Å²) in [6, 6.07) is 0. The summed E-state index contributed by atoms with van der Waals surface area (Å²) in [5, 5.41) is 2.99. The van der Waals surface area contributed by atoms with Crippen molar-refractivity contribution in [3.63, 3.8) is 0 Å². The van der Waals surface area contributed by atoms with Crippen molar-refractivity contribution in [3.8, 4) is 0 Å². The van der Waals surface area contributed by atoms with Crippen LogP contribution in [-0.4, -0.2) is 30.7 Å². The molecule has 0 aromatic carbocycles. The largest absolute Gasteiger partial charge is 0.378 e. The van der Waals surface area contributed by atoms with Gasteiger partial charge >= 0.3 is 0 Å². The van der Waals surface area contributed by atoms with Gasteiger partial charge in [-0.1, -0.05) is 6.92 Å². The van der Waals surface area contributed by atoms with Crippen LogP contribution in [-0.2, 0) is 9.53 Å². The second-order valence-electron chi connectivity index (χ2n) is 5.66. The SMILES string of the molecule is CCC1OCCC1CNC(=O)CCC(C)(C)N. The van der Waals surface area contributed by atoms with Crippen LogP contribution in [0.1, 0.15) is 46.5 Å². The molecule has 100 valence electrons. The van der Waals surface area contributed by atoms with Crippen molar-refractivity contribution < 1.29 is 9.53 Å². The molecule has 4 heteroatoms. The van der Waals surface area contributed by atoms with Crippen LogP contribution in [0.3, 0.4) is 0 Å². The molecule has 1 rings (SSSR count). The molecule has 0 aliphatic carbocycles. The zero-order chi connectivity index (χ0) is 12.9. The monoisotopic (exact) mass is 242 g/mol. The van der Waals surface area contributed by atoms with Crippen molar-refractivity contribution in [2.24, 2.45) is 11.7 Å². The van der Waals surface area contributed by atoms with Gasteiger partial charge in [-0.3, -0.25) is 4.79 Å². The molecular weight excluding hydrogens is 216 g/mol. The first-order valence-corrected chi connectivity index (χ1v) is 6.59. The lowest BCUT2D eigenvalue weighted by atomic mass is 9.98. The van der Waals surface area contributed by atoms with Crippen LogP contribution in [0.15, 0.2) is 0 Å². The maximum atomic E-state index is 11.6. The molecule has 0 radical (unpaired) electrons. The van der Waals surface area contributed by atoms with Gasteiger partial charge in [0.15, 0.2) is 0 Å². The summed E-state index contributed by atoms with van der Waals surface area (Å²) in [4.78, 5) is 11.6. The Morgan fingerprint density at radius 3 is 2.82 bits per heavy atom. The Balaban J connectivity index is 2.19. The van der Waals surface area contributed by atoms with Crippen LogP contribution in [0, 0.1) is 5.92 Å². The zero-order valence-corrected chi connectivity index (χ0v) is 11.3. The average Bonchev–Trinajstić information content (AvgIpc) is 2.69. The lowest BCUT2D eigenvalue weighted by Gasteiger charge is -2.19. The van der Waals surface area contributed by atoms with Gasteiger partial charge in [0.25, 0.3) is 0 Å². The van der Waals surface area contributed by atoms with Gasteiger partial charge in [-0.2, -0.15) is 0 Å². The average molecular weight is 242 g/mol. The number of amides is 1. The molecule has 0 saturated carbocycles. The van der Waals surface area contributed by atoms with E-state index in [9.17, 15) is 4.79 Å². The van der Waals surface area contributed by atoms with Crippen LogP contribution in [0.25, 0.3) is 0 Å². The summed E-state index contributed by atoms with van der Waals surface area (Å²) in [6.45, 7) is 7.58. The second-order valence-corrected chi connectivity index (χ2v) is 5.66. The third-order valence-electron chi connectivity index (χ3n) is 3.31. The number of hydrogen-bond donors (Lipinski definition) is 2. The first kappa shape index (κ1) is 14.5. The van der Waals surface area contributed by atoms with Crippen LogP contribution >= 0.6 is 0 Å². The standard InChI is InChI=1S/C13H26N2O2/c1-4-11-10(6-8-17-11)9-15-12(16)5-7-13(2,3)14/h10-11H,4-9,14H2,1-3H3,(H,15,16). The summed E-state index contributed by atoms with van der Waals surface area (Å²) in [5.74, 6) is 0.583. The van der Waals surface area contributed by atoms with E-state index in [0.717, 1.165) is 32.4 Å². The molecule has 1 aliphatic rings. The van der Waals surface area contributed by atoms with Crippen molar-refractivity contribution in [1.82, 2.24) is 5.32 Å². The van der Waals surface area contributed by atoms with E-state index in [-0.39, 0.29) is 11.4 Å². The Morgan fingerprint density at radius 2 is 2.24 bits per heavy atom. The van der Waals surface area contributed by atoms with Crippen LogP contribution < -0.4 is 11.1 Å². The van der Waals surface area contributed by atoms with Crippen LogP contribution in [0.5, 0.6) is 0 Å². The highest BCUT2D eigenvalue weighted by Crippen LogP contribution is 2.22. The summed E-state index contributed by atoms with van der Waals surface area (Å²) >= 11 is 0. The van der Waals surface area contributed by atoms with Crippen molar-refractivity contribution in [1.29, 1.82) is 0 Å². The lowest BCUT2D eigenvalue weighted by molar-refractivity contribution is -0.121. The topological polar surface area (TPSA) is 64.3 Å². The van der Waals surface area contributed by atoms with Crippen LogP contribution in [0.2, 0.25) is 0 Å². The van der Waals surface area contributed by atoms with Gasteiger partial charge in [-0.15, -0.1) is 0 Å². The highest BCUT2D eigenvalue weighted by atomic mass is 16.5. The summed E-state index contributed by atoms with van der Waals surface area (Å²) < 4.78 is 5.59. The van der Waals surface area contributed by atoms with E-state index in [1.54, 1.807) is 0 Å². The number of ether oxygens (including phenoxy) is 1. The molecule has 0 spiro atoms. The molecule has 2 atom stereocenters. The van der Waals surface area contributed by atoms with Gasteiger partial charge in [0.2, 0.25) is 5.91 Å². The predicted octanol–water partition coefficient (Wildman–Crippen LogP) is 1.44. The van der Waals surface area contributed by atoms with Gasteiger partial charge in [0, 0.05) is 31.0 Å². The number of carbonyl (C=O) groups is 1. The highest BCUT2D eigenvalue weighted by molar-refractivity contribution is 5.75. The van der Waals surface area contributed by atoms with E-state index in [1.807, 2.05) is 13.8 Å². The van der Waals surface area contributed by atoms with Crippen LogP contribution in [0.4, 0.5) is 0 Å². The van der Waals surface area contributed by atoms with E-state index < -0.39 is 0 Å². The minimum atomic E-state index is -0.264. The Kier molecular flexibility index (Phi) is 5.40. The quantitative estimate of drug-likeness (QED) is 0.740. The third kappa shape index (κ3) is 5.50. The first-order chi connectivity index (χ1) is 7.92. The zero-order valence-electron chi connectivity index (χ0n) is 11.3. The predicted molar refractivity (Wildman–Crippen MR) is 68.6 cm³/mol. The molecule has 1 heterocycles. The summed E-state index contributed by atoms with van der Waals surface area (Å²) in [6.07, 6.45) is 3.63. The van der Waals surface area contributed by atoms with Crippen molar-refractivity contribution in [2.75, 3.05) is 13.2 Å². The minimum absolute atomic E-state index is 0.102. The van der Waals surface area contributed by atoms with Gasteiger partial charge < -0.3 is 15.8 Å². The van der Waals surface area contributed by atoms with Gasteiger partial charge in [0.05, 0.1) is 6.10 Å². The van der Waals surface area contributed by atoms with E-state index in [4.69, 9.17) is 10.5 Å². The summed E-state index contributed by atoms with van der Waals surface area (Å²) in [7, 11) is 0. The van der Waals surface area contributed by atoms with Gasteiger partial charge in [-0.05, 0) is 33.1 Å². The third-order valence-corrected chi connectivity index (χ3v) is 3.31. The van der Waals surface area contributed by atoms with Gasteiger partial charge in [0.1, 0.15) is 0 Å². The first-order valence-electron chi connectivity index (χ1n) is 6.59. The normalized spacial score (nSPS) is 24.9. The summed E-state index contributed by atoms with van der Waals surface area (Å²) in [5.41, 5.74) is 5.58. The molecule has 17 heavy (non-hydrogen) atoms. The number of carbonyl (C=O) groups excluding carboxylic acids is 1. The van der Waals surface area contributed by atoms with E-state index in [2.05, 4.69) is 12.2 Å². The molecule has 2 unspecified atom stereocenters. The fraction of sp³-hybridized carbons (Fsp3) is 0.923. The maximum absolute atomic E-state index is 11.6. The Morgan fingerprint density at radius 1 is 1.53 bits per heavy atom. The van der Waals surface area contributed by atoms with E-state index in [0.29, 0.717) is 18.4 Å². The molecule has 4 nitrogen and oxygen atoms in total. The fourth-order valence-electron chi connectivity index (χ4n) is 2.15. The molecular formula is C13H26N2O2. The minimum Gasteiger partial charge on any atom is -0.378 e. The number of hydrogen-bond acceptors (Lipinski definition) is 3. The van der Waals surface area contributed by atoms with E-state index >= 15 is 0 Å².